The number of ether oxygens (including phenoxy) is 1. The Morgan fingerprint density at radius 1 is 0.431 bits per heavy atom. The highest BCUT2D eigenvalue weighted by Crippen LogP contribution is 2.17. The molecule has 0 saturated carbocycles. The summed E-state index contributed by atoms with van der Waals surface area (Å²) in [6.45, 7) is 4.92. The minimum Gasteiger partial charge on any atom is -0.466 e. The van der Waals surface area contributed by atoms with E-state index >= 15 is 0 Å². The molecule has 2 unspecified atom stereocenters. The number of hydrogen-bond acceptors (Lipinski definition) is 5. The molecule has 6 nitrogen and oxygen atoms in total. The summed E-state index contributed by atoms with van der Waals surface area (Å²) in [6, 6.07) is -0.542. The zero-order valence-corrected chi connectivity index (χ0v) is 43.7. The predicted octanol–water partition coefficient (Wildman–Crippen LogP) is 17.9. The Morgan fingerprint density at radius 2 is 0.769 bits per heavy atom. The fourth-order valence-corrected chi connectivity index (χ4v) is 9.02. The van der Waals surface area contributed by atoms with Gasteiger partial charge in [0.15, 0.2) is 0 Å². The average Bonchev–Trinajstić information content (AvgIpc) is 3.31. The van der Waals surface area contributed by atoms with Gasteiger partial charge in [-0.1, -0.05) is 269 Å². The van der Waals surface area contributed by atoms with Crippen molar-refractivity contribution >= 4 is 11.9 Å². The molecule has 1 amide bonds. The second kappa shape index (κ2) is 54.9. The maximum atomic E-state index is 12.5. The van der Waals surface area contributed by atoms with E-state index < -0.39 is 12.1 Å². The molecule has 0 aliphatic carbocycles. The van der Waals surface area contributed by atoms with Gasteiger partial charge in [-0.3, -0.25) is 9.59 Å². The minimum absolute atomic E-state index is 0.00323. The molecule has 0 rings (SSSR count). The number of amides is 1. The van der Waals surface area contributed by atoms with Crippen molar-refractivity contribution in [2.45, 2.75) is 328 Å². The van der Waals surface area contributed by atoms with E-state index in [1.165, 1.54) is 231 Å². The predicted molar refractivity (Wildman–Crippen MR) is 283 cm³/mol. The molecule has 0 aliphatic rings. The van der Waals surface area contributed by atoms with E-state index in [0.717, 1.165) is 51.4 Å². The van der Waals surface area contributed by atoms with Crippen molar-refractivity contribution in [1.82, 2.24) is 5.32 Å². The van der Waals surface area contributed by atoms with Gasteiger partial charge in [0.25, 0.3) is 0 Å². The van der Waals surface area contributed by atoms with Crippen LogP contribution in [-0.4, -0.2) is 47.4 Å². The highest BCUT2D eigenvalue weighted by molar-refractivity contribution is 5.76. The number of unbranched alkanes of at least 4 members (excludes halogenated alkanes) is 39. The van der Waals surface area contributed by atoms with E-state index in [-0.39, 0.29) is 18.5 Å². The van der Waals surface area contributed by atoms with Crippen LogP contribution in [0.5, 0.6) is 0 Å². The summed E-state index contributed by atoms with van der Waals surface area (Å²) in [6.07, 6.45) is 66.0. The third kappa shape index (κ3) is 51.6. The van der Waals surface area contributed by atoms with Gasteiger partial charge in [-0.25, -0.2) is 0 Å². The number of aliphatic hydroxyl groups excluding tert-OH is 2. The van der Waals surface area contributed by atoms with E-state index in [0.29, 0.717) is 25.9 Å². The lowest BCUT2D eigenvalue weighted by Crippen LogP contribution is -2.45. The molecule has 2 atom stereocenters. The number of hydrogen-bond donors (Lipinski definition) is 3. The van der Waals surface area contributed by atoms with Crippen molar-refractivity contribution in [3.63, 3.8) is 0 Å². The van der Waals surface area contributed by atoms with Crippen molar-refractivity contribution in [2.24, 2.45) is 0 Å². The number of nitrogens with one attached hydrogen (secondary N) is 1. The largest absolute Gasteiger partial charge is 0.466 e. The minimum atomic E-state index is -0.665. The number of allylic oxidation sites excluding steroid dienone is 4. The number of esters is 1. The Labute approximate surface area is 405 Å². The Bertz CT molecular complexity index is 1010. The van der Waals surface area contributed by atoms with Crippen LogP contribution in [0.2, 0.25) is 0 Å². The van der Waals surface area contributed by atoms with Crippen molar-refractivity contribution in [1.29, 1.82) is 0 Å². The van der Waals surface area contributed by atoms with E-state index in [4.69, 9.17) is 4.74 Å². The summed E-state index contributed by atoms with van der Waals surface area (Å²) in [7, 11) is 0. The van der Waals surface area contributed by atoms with Crippen LogP contribution in [0.25, 0.3) is 0 Å². The third-order valence-electron chi connectivity index (χ3n) is 13.5. The van der Waals surface area contributed by atoms with Crippen LogP contribution in [0.1, 0.15) is 316 Å². The van der Waals surface area contributed by atoms with Crippen LogP contribution < -0.4 is 5.32 Å². The normalized spacial score (nSPS) is 12.7. The van der Waals surface area contributed by atoms with Crippen molar-refractivity contribution in [3.8, 4) is 0 Å². The molecular formula is C59H113NO5. The lowest BCUT2D eigenvalue weighted by molar-refractivity contribution is -0.143. The zero-order valence-electron chi connectivity index (χ0n) is 43.7. The third-order valence-corrected chi connectivity index (χ3v) is 13.5. The molecule has 65 heavy (non-hydrogen) atoms. The van der Waals surface area contributed by atoms with Crippen LogP contribution in [-0.2, 0) is 14.3 Å². The molecule has 0 heterocycles. The highest BCUT2D eigenvalue weighted by atomic mass is 16.5. The van der Waals surface area contributed by atoms with Gasteiger partial charge in [0.05, 0.1) is 25.4 Å². The second-order valence-electron chi connectivity index (χ2n) is 20.0. The zero-order chi connectivity index (χ0) is 47.2. The number of carbonyl (C=O) groups excluding carboxylic acids is 2. The van der Waals surface area contributed by atoms with E-state index in [1.54, 1.807) is 0 Å². The molecular weight excluding hydrogens is 803 g/mol. The SMILES string of the molecule is CCCCC/C=C\C/C=C\CCCCCCCC(=O)OCCCCCCCCCCCCCCCCCCCCCCC(=O)NC(CO)C(O)CCCCCCCCCCCCCCC. The number of carbonyl (C=O) groups is 2. The average molecular weight is 917 g/mol. The molecule has 0 bridgehead atoms. The van der Waals surface area contributed by atoms with Gasteiger partial charge in [0.2, 0.25) is 5.91 Å². The molecule has 6 heteroatoms. The van der Waals surface area contributed by atoms with Gasteiger partial charge < -0.3 is 20.3 Å². The highest BCUT2D eigenvalue weighted by Gasteiger charge is 2.20. The van der Waals surface area contributed by atoms with Gasteiger partial charge in [0, 0.05) is 12.8 Å². The van der Waals surface area contributed by atoms with Gasteiger partial charge in [0.1, 0.15) is 0 Å². The first-order valence-corrected chi connectivity index (χ1v) is 29.1. The van der Waals surface area contributed by atoms with Gasteiger partial charge in [-0.15, -0.1) is 0 Å². The van der Waals surface area contributed by atoms with Crippen LogP contribution >= 0.6 is 0 Å². The standard InChI is InChI=1S/C59H113NO5/c1-3-5-7-9-11-13-15-17-24-29-33-37-41-45-49-53-59(64)65-54-50-46-42-38-34-30-26-23-21-19-18-20-22-25-28-32-36-40-44-48-52-58(63)60-56(55-61)57(62)51-47-43-39-35-31-27-16-14-12-10-8-6-4-2/h11,13,17,24,56-57,61-62H,3-10,12,14-16,18-23,25-55H2,1-2H3,(H,60,63)/b13-11-,24-17-. The molecule has 0 spiro atoms. The smallest absolute Gasteiger partial charge is 0.305 e. The Balaban J connectivity index is 3.39. The first kappa shape index (κ1) is 63.3. The van der Waals surface area contributed by atoms with Crippen molar-refractivity contribution in [3.05, 3.63) is 24.3 Å². The van der Waals surface area contributed by atoms with Crippen LogP contribution in [0.4, 0.5) is 0 Å². The maximum Gasteiger partial charge on any atom is 0.305 e. The molecule has 0 saturated heterocycles. The fraction of sp³-hybridized carbons (Fsp3) is 0.898. The lowest BCUT2D eigenvalue weighted by Gasteiger charge is -2.22. The van der Waals surface area contributed by atoms with Gasteiger partial charge in [-0.05, 0) is 57.8 Å². The Morgan fingerprint density at radius 3 is 1.20 bits per heavy atom. The van der Waals surface area contributed by atoms with Crippen LogP contribution in [0, 0.1) is 0 Å². The Kier molecular flexibility index (Phi) is 53.5. The molecule has 0 aromatic rings. The fourth-order valence-electron chi connectivity index (χ4n) is 9.02. The molecule has 0 aromatic heterocycles. The van der Waals surface area contributed by atoms with Crippen molar-refractivity contribution in [2.75, 3.05) is 13.2 Å². The topological polar surface area (TPSA) is 95.9 Å². The Hall–Kier alpha value is -1.66. The second-order valence-corrected chi connectivity index (χ2v) is 20.0. The summed E-state index contributed by atoms with van der Waals surface area (Å²) in [5, 5.41) is 23.2. The first-order valence-electron chi connectivity index (χ1n) is 29.1. The van der Waals surface area contributed by atoms with E-state index in [1.807, 2.05) is 0 Å². The quantitative estimate of drug-likeness (QED) is 0.0321. The van der Waals surface area contributed by atoms with Crippen molar-refractivity contribution < 1.29 is 24.5 Å². The number of rotatable bonds is 54. The molecule has 3 N–H and O–H groups in total. The van der Waals surface area contributed by atoms with Gasteiger partial charge >= 0.3 is 5.97 Å². The maximum absolute atomic E-state index is 12.5. The summed E-state index contributed by atoms with van der Waals surface area (Å²) in [5.74, 6) is -0.0396. The van der Waals surface area contributed by atoms with Crippen LogP contribution in [0.3, 0.4) is 0 Å². The van der Waals surface area contributed by atoms with Gasteiger partial charge in [-0.2, -0.15) is 0 Å². The monoisotopic (exact) mass is 916 g/mol. The molecule has 384 valence electrons. The summed E-state index contributed by atoms with van der Waals surface area (Å²) in [5.41, 5.74) is 0. The molecule has 0 aliphatic heterocycles. The van der Waals surface area contributed by atoms with E-state index in [2.05, 4.69) is 43.5 Å². The summed E-state index contributed by atoms with van der Waals surface area (Å²) in [4.78, 5) is 24.5. The molecule has 0 fully saturated rings. The first-order chi connectivity index (χ1) is 32.0. The molecule has 0 radical (unpaired) electrons. The summed E-state index contributed by atoms with van der Waals surface area (Å²) >= 11 is 0. The number of aliphatic hydroxyl groups is 2. The molecule has 0 aromatic carbocycles. The lowest BCUT2D eigenvalue weighted by atomic mass is 10.0. The van der Waals surface area contributed by atoms with Crippen LogP contribution in [0.15, 0.2) is 24.3 Å². The summed E-state index contributed by atoms with van der Waals surface area (Å²) < 4.78 is 5.47. The van der Waals surface area contributed by atoms with E-state index in [9.17, 15) is 19.8 Å².